The summed E-state index contributed by atoms with van der Waals surface area (Å²) >= 11 is 0. The zero-order chi connectivity index (χ0) is 20.7. The van der Waals surface area contributed by atoms with Gasteiger partial charge in [-0.15, -0.1) is 0 Å². The number of fused-ring (bicyclic) bond motifs is 3. The van der Waals surface area contributed by atoms with Gasteiger partial charge in [0.2, 0.25) is 0 Å². The van der Waals surface area contributed by atoms with E-state index in [0.29, 0.717) is 22.1 Å². The van der Waals surface area contributed by atoms with Crippen LogP contribution in [0.3, 0.4) is 0 Å². The molecule has 1 unspecified atom stereocenters. The predicted octanol–water partition coefficient (Wildman–Crippen LogP) is 4.30. The largest absolute Gasteiger partial charge is 0.452 e. The summed E-state index contributed by atoms with van der Waals surface area (Å²) in [6.45, 7) is 0. The minimum absolute atomic E-state index is 0.0457. The zero-order valence-corrected chi connectivity index (χ0v) is 15.7. The van der Waals surface area contributed by atoms with Crippen LogP contribution in [-0.2, 0) is 5.79 Å². The first-order valence-electron chi connectivity index (χ1n) is 9.42. The molecule has 0 saturated heterocycles. The van der Waals surface area contributed by atoms with E-state index in [0.717, 1.165) is 0 Å². The van der Waals surface area contributed by atoms with E-state index in [4.69, 9.17) is 9.15 Å². The maximum Gasteiger partial charge on any atom is 0.347 e. The topological polar surface area (TPSA) is 76.7 Å². The highest BCUT2D eigenvalue weighted by atomic mass is 16.6. The molecule has 0 spiro atoms. The van der Waals surface area contributed by atoms with Crippen LogP contribution in [0.2, 0.25) is 0 Å². The molecule has 1 aromatic heterocycles. The number of ketones is 1. The molecule has 0 amide bonds. The van der Waals surface area contributed by atoms with Gasteiger partial charge in [0.15, 0.2) is 5.78 Å². The average molecular weight is 396 g/mol. The number of benzene rings is 3. The van der Waals surface area contributed by atoms with Gasteiger partial charge >= 0.3 is 5.63 Å². The molecule has 0 fully saturated rings. The Morgan fingerprint density at radius 2 is 1.50 bits per heavy atom. The molecule has 0 saturated carbocycles. The lowest BCUT2D eigenvalue weighted by Gasteiger charge is -2.24. The van der Waals surface area contributed by atoms with E-state index in [9.17, 15) is 14.7 Å². The van der Waals surface area contributed by atoms with Gasteiger partial charge in [0, 0.05) is 11.1 Å². The third kappa shape index (κ3) is 2.76. The highest BCUT2D eigenvalue weighted by Crippen LogP contribution is 2.49. The molecule has 2 heterocycles. The number of para-hydroxylation sites is 1. The first-order valence-corrected chi connectivity index (χ1v) is 9.42. The number of hydrogen-bond acceptors (Lipinski definition) is 5. The minimum Gasteiger partial charge on any atom is -0.452 e. The van der Waals surface area contributed by atoms with Gasteiger partial charge in [-0.1, -0.05) is 72.8 Å². The molecule has 5 nitrogen and oxygen atoms in total. The Morgan fingerprint density at radius 1 is 0.867 bits per heavy atom. The fraction of sp³-hybridized carbons (Fsp3) is 0.0400. The summed E-state index contributed by atoms with van der Waals surface area (Å²) < 4.78 is 11.5. The van der Waals surface area contributed by atoms with Gasteiger partial charge in [-0.2, -0.15) is 0 Å². The highest BCUT2D eigenvalue weighted by molar-refractivity contribution is 6.10. The van der Waals surface area contributed by atoms with E-state index in [1.165, 1.54) is 6.08 Å². The maximum atomic E-state index is 12.9. The lowest BCUT2D eigenvalue weighted by atomic mass is 9.92. The molecule has 3 aromatic carbocycles. The van der Waals surface area contributed by atoms with Crippen LogP contribution in [0, 0.1) is 0 Å². The number of allylic oxidation sites excluding steroid dienone is 1. The number of carbonyl (C=O) groups excluding carboxylic acids is 1. The third-order valence-electron chi connectivity index (χ3n) is 5.15. The van der Waals surface area contributed by atoms with Gasteiger partial charge in [-0.25, -0.2) is 4.79 Å². The number of hydrogen-bond donors (Lipinski definition) is 1. The van der Waals surface area contributed by atoms with E-state index in [1.54, 1.807) is 84.9 Å². The molecule has 1 aliphatic rings. The Kier molecular flexibility index (Phi) is 4.12. The van der Waals surface area contributed by atoms with Gasteiger partial charge in [-0.3, -0.25) is 4.79 Å². The Morgan fingerprint density at radius 3 is 2.23 bits per heavy atom. The van der Waals surface area contributed by atoms with Crippen molar-refractivity contribution in [3.63, 3.8) is 0 Å². The van der Waals surface area contributed by atoms with Gasteiger partial charge in [-0.05, 0) is 18.2 Å². The second kappa shape index (κ2) is 6.83. The molecule has 0 radical (unpaired) electrons. The predicted molar refractivity (Wildman–Crippen MR) is 112 cm³/mol. The molecule has 1 aliphatic heterocycles. The molecular formula is C25H16O5. The molecule has 0 bridgehead atoms. The van der Waals surface area contributed by atoms with Crippen molar-refractivity contribution in [3.05, 3.63) is 118 Å². The summed E-state index contributed by atoms with van der Waals surface area (Å²) in [7, 11) is 0. The zero-order valence-electron chi connectivity index (χ0n) is 15.7. The van der Waals surface area contributed by atoms with Crippen molar-refractivity contribution in [2.45, 2.75) is 5.79 Å². The SMILES string of the molecule is O=C(/C=C1\c2c(c3ccccc3oc2=O)OC1(O)c1ccccc1)c1ccccc1. The van der Waals surface area contributed by atoms with Crippen LogP contribution < -0.4 is 10.4 Å². The highest BCUT2D eigenvalue weighted by Gasteiger charge is 2.47. The fourth-order valence-corrected chi connectivity index (χ4v) is 3.70. The second-order valence-electron chi connectivity index (χ2n) is 6.99. The van der Waals surface area contributed by atoms with Crippen LogP contribution in [0.15, 0.2) is 100 Å². The van der Waals surface area contributed by atoms with Crippen molar-refractivity contribution < 1.29 is 19.1 Å². The van der Waals surface area contributed by atoms with Crippen LogP contribution in [-0.4, -0.2) is 10.9 Å². The summed E-state index contributed by atoms with van der Waals surface area (Å²) in [6.07, 6.45) is 1.25. The van der Waals surface area contributed by atoms with Crippen molar-refractivity contribution in [3.8, 4) is 5.75 Å². The van der Waals surface area contributed by atoms with Crippen LogP contribution in [0.4, 0.5) is 0 Å². The number of rotatable bonds is 3. The summed E-state index contributed by atoms with van der Waals surface area (Å²) in [6, 6.07) is 24.2. The first kappa shape index (κ1) is 18.1. The summed E-state index contributed by atoms with van der Waals surface area (Å²) in [5, 5.41) is 12.1. The van der Waals surface area contributed by atoms with E-state index in [-0.39, 0.29) is 22.7 Å². The minimum atomic E-state index is -2.01. The van der Waals surface area contributed by atoms with Crippen molar-refractivity contribution in [1.82, 2.24) is 0 Å². The van der Waals surface area contributed by atoms with Crippen LogP contribution >= 0.6 is 0 Å². The molecule has 1 N–H and O–H groups in total. The third-order valence-corrected chi connectivity index (χ3v) is 5.15. The molecule has 30 heavy (non-hydrogen) atoms. The Bertz CT molecular complexity index is 1350. The normalized spacial score (nSPS) is 18.9. The van der Waals surface area contributed by atoms with Crippen molar-refractivity contribution in [2.24, 2.45) is 0 Å². The lowest BCUT2D eigenvalue weighted by molar-refractivity contribution is -0.0804. The van der Waals surface area contributed by atoms with Crippen molar-refractivity contribution in [2.75, 3.05) is 0 Å². The van der Waals surface area contributed by atoms with E-state index in [2.05, 4.69) is 0 Å². The van der Waals surface area contributed by atoms with Crippen molar-refractivity contribution in [1.29, 1.82) is 0 Å². The van der Waals surface area contributed by atoms with Crippen LogP contribution in [0.25, 0.3) is 16.5 Å². The van der Waals surface area contributed by atoms with Gasteiger partial charge < -0.3 is 14.3 Å². The number of ether oxygens (including phenoxy) is 1. The molecule has 1 atom stereocenters. The second-order valence-corrected chi connectivity index (χ2v) is 6.99. The molecule has 146 valence electrons. The molecule has 0 aliphatic carbocycles. The van der Waals surface area contributed by atoms with E-state index in [1.807, 2.05) is 0 Å². The van der Waals surface area contributed by atoms with Gasteiger partial charge in [0.25, 0.3) is 5.79 Å². The van der Waals surface area contributed by atoms with Crippen molar-refractivity contribution >= 4 is 22.3 Å². The van der Waals surface area contributed by atoms with Crippen LogP contribution in [0.1, 0.15) is 21.5 Å². The van der Waals surface area contributed by atoms with Gasteiger partial charge in [0.05, 0.1) is 11.0 Å². The molecular weight excluding hydrogens is 380 g/mol. The Balaban J connectivity index is 1.79. The van der Waals surface area contributed by atoms with Crippen LogP contribution in [0.5, 0.6) is 5.75 Å². The Labute approximate surface area is 171 Å². The smallest absolute Gasteiger partial charge is 0.347 e. The summed E-state index contributed by atoms with van der Waals surface area (Å²) in [4.78, 5) is 25.8. The van der Waals surface area contributed by atoms with Gasteiger partial charge in [0.1, 0.15) is 16.9 Å². The summed E-state index contributed by atoms with van der Waals surface area (Å²) in [5.41, 5.74) is 0.590. The summed E-state index contributed by atoms with van der Waals surface area (Å²) in [5.74, 6) is -2.17. The fourth-order valence-electron chi connectivity index (χ4n) is 3.70. The quantitative estimate of drug-likeness (QED) is 0.317. The van der Waals surface area contributed by atoms with E-state index < -0.39 is 11.4 Å². The monoisotopic (exact) mass is 396 g/mol. The molecule has 4 aromatic rings. The average Bonchev–Trinajstić information content (AvgIpc) is 3.09. The number of carbonyl (C=O) groups is 1. The standard InChI is InChI=1S/C25H16O5/c26-20(16-9-3-1-4-10-16)15-19-22-23(18-13-7-8-14-21(18)29-24(22)27)30-25(19,28)17-11-5-2-6-12-17/h1-15,28H/b19-15+. The molecule has 5 rings (SSSR count). The maximum absolute atomic E-state index is 12.9. The Hall–Kier alpha value is -3.96. The first-order chi connectivity index (χ1) is 14.6. The number of aliphatic hydroxyl groups is 1. The van der Waals surface area contributed by atoms with E-state index >= 15 is 0 Å². The molecule has 5 heteroatoms. The lowest BCUT2D eigenvalue weighted by Crippen LogP contribution is -2.30.